The smallest absolute Gasteiger partial charge is 0.315 e. The lowest BCUT2D eigenvalue weighted by Gasteiger charge is -2.28. The predicted octanol–water partition coefficient (Wildman–Crippen LogP) is 2.28. The minimum atomic E-state index is -1.09. The molecule has 0 aliphatic heterocycles. The van der Waals surface area contributed by atoms with E-state index in [2.05, 4.69) is 4.98 Å². The highest BCUT2D eigenvalue weighted by Crippen LogP contribution is 2.30. The summed E-state index contributed by atoms with van der Waals surface area (Å²) in [6.07, 6.45) is 2.11. The Morgan fingerprint density at radius 2 is 2.00 bits per heavy atom. The molecule has 0 radical (unpaired) electrons. The number of thiazole rings is 1. The Kier molecular flexibility index (Phi) is 4.20. The Morgan fingerprint density at radius 3 is 2.45 bits per heavy atom. The molecule has 0 bridgehead atoms. The van der Waals surface area contributed by atoms with Crippen LogP contribution in [-0.2, 0) is 16.6 Å². The van der Waals surface area contributed by atoms with Crippen molar-refractivity contribution in [2.45, 2.75) is 25.7 Å². The Labute approximate surface area is 122 Å². The lowest BCUT2D eigenvalue weighted by Crippen LogP contribution is -2.44. The van der Waals surface area contributed by atoms with E-state index in [4.69, 9.17) is 5.73 Å². The average molecular weight is 290 g/mol. The van der Waals surface area contributed by atoms with Gasteiger partial charge in [-0.25, -0.2) is 4.98 Å². The van der Waals surface area contributed by atoms with Gasteiger partial charge < -0.3 is 10.8 Å². The average Bonchev–Trinajstić information content (AvgIpc) is 2.82. The number of nitrogens with two attached hydrogens (primary N) is 1. The topological polar surface area (TPSA) is 76.2 Å². The number of aromatic nitrogens is 1. The van der Waals surface area contributed by atoms with Crippen LogP contribution in [0.4, 0.5) is 0 Å². The number of hydrogen-bond acceptors (Lipinski definition) is 4. The van der Waals surface area contributed by atoms with Crippen LogP contribution in [0.2, 0.25) is 0 Å². The molecule has 1 heterocycles. The molecule has 20 heavy (non-hydrogen) atoms. The fourth-order valence-electron chi connectivity index (χ4n) is 2.24. The van der Waals surface area contributed by atoms with Crippen molar-refractivity contribution < 1.29 is 9.90 Å². The second-order valence-corrected chi connectivity index (χ2v) is 6.30. The van der Waals surface area contributed by atoms with E-state index in [1.54, 1.807) is 6.20 Å². The summed E-state index contributed by atoms with van der Waals surface area (Å²) in [6.45, 7) is 3.94. The van der Waals surface area contributed by atoms with Gasteiger partial charge in [-0.3, -0.25) is 4.79 Å². The third-order valence-electron chi connectivity index (χ3n) is 3.51. The van der Waals surface area contributed by atoms with Gasteiger partial charge >= 0.3 is 5.97 Å². The van der Waals surface area contributed by atoms with Crippen LogP contribution in [0, 0.1) is 13.8 Å². The first-order valence-electron chi connectivity index (χ1n) is 6.40. The third-order valence-corrected chi connectivity index (χ3v) is 4.42. The zero-order valence-corrected chi connectivity index (χ0v) is 12.4. The number of nitrogens with zero attached hydrogens (tertiary/aromatic N) is 1. The maximum atomic E-state index is 11.9. The van der Waals surface area contributed by atoms with Gasteiger partial charge in [0.2, 0.25) is 0 Å². The van der Waals surface area contributed by atoms with Crippen molar-refractivity contribution in [1.29, 1.82) is 0 Å². The molecule has 0 saturated heterocycles. The highest BCUT2D eigenvalue weighted by molar-refractivity contribution is 7.11. The largest absolute Gasteiger partial charge is 0.481 e. The Hall–Kier alpha value is -1.72. The molecule has 4 nitrogen and oxygen atoms in total. The molecule has 0 saturated carbocycles. The number of aliphatic carboxylic acids is 1. The first kappa shape index (κ1) is 14.7. The van der Waals surface area contributed by atoms with E-state index in [9.17, 15) is 9.90 Å². The van der Waals surface area contributed by atoms with Crippen LogP contribution in [0.3, 0.4) is 0 Å². The predicted molar refractivity (Wildman–Crippen MR) is 80.1 cm³/mol. The van der Waals surface area contributed by atoms with Crippen molar-refractivity contribution in [2.24, 2.45) is 5.73 Å². The van der Waals surface area contributed by atoms with Gasteiger partial charge in [0.15, 0.2) is 0 Å². The van der Waals surface area contributed by atoms with E-state index in [1.165, 1.54) is 11.3 Å². The molecular weight excluding hydrogens is 272 g/mol. The number of benzene rings is 1. The molecule has 1 unspecified atom stereocenters. The number of aryl methyl sites for hydroxylation is 2. The quantitative estimate of drug-likeness (QED) is 0.885. The van der Waals surface area contributed by atoms with Gasteiger partial charge in [0, 0.05) is 24.0 Å². The molecule has 1 atom stereocenters. The summed E-state index contributed by atoms with van der Waals surface area (Å²) in [7, 11) is 0. The van der Waals surface area contributed by atoms with Crippen molar-refractivity contribution in [3.8, 4) is 0 Å². The molecule has 0 spiro atoms. The molecule has 2 aromatic rings. The fourth-order valence-corrected chi connectivity index (χ4v) is 3.14. The molecule has 1 aromatic carbocycles. The van der Waals surface area contributed by atoms with Crippen molar-refractivity contribution in [3.05, 3.63) is 51.5 Å². The summed E-state index contributed by atoms with van der Waals surface area (Å²) in [6, 6.07) is 7.54. The minimum absolute atomic E-state index is 0.0579. The number of carboxylic acids is 1. The fraction of sp³-hybridized carbons (Fsp3) is 0.333. The molecule has 106 valence electrons. The van der Waals surface area contributed by atoms with Crippen LogP contribution < -0.4 is 5.73 Å². The number of carboxylic acid groups (broad SMARTS) is 1. The molecule has 0 amide bonds. The van der Waals surface area contributed by atoms with Gasteiger partial charge in [-0.05, 0) is 19.4 Å². The zero-order chi connectivity index (χ0) is 14.8. The van der Waals surface area contributed by atoms with E-state index in [0.29, 0.717) is 6.42 Å². The minimum Gasteiger partial charge on any atom is -0.481 e. The van der Waals surface area contributed by atoms with Gasteiger partial charge in [-0.2, -0.15) is 0 Å². The Morgan fingerprint density at radius 1 is 1.35 bits per heavy atom. The Balaban J connectivity index is 2.44. The van der Waals surface area contributed by atoms with Crippen LogP contribution >= 0.6 is 11.3 Å². The van der Waals surface area contributed by atoms with E-state index in [1.807, 2.05) is 38.1 Å². The van der Waals surface area contributed by atoms with Crippen LogP contribution in [0.15, 0.2) is 30.5 Å². The highest BCUT2D eigenvalue weighted by atomic mass is 32.1. The normalized spacial score (nSPS) is 13.9. The molecule has 5 heteroatoms. The molecule has 0 fully saturated rings. The second-order valence-electron chi connectivity index (χ2n) is 4.98. The molecule has 0 aliphatic carbocycles. The van der Waals surface area contributed by atoms with Crippen molar-refractivity contribution in [2.75, 3.05) is 6.54 Å². The number of hydrogen-bond donors (Lipinski definition) is 2. The molecule has 0 aliphatic rings. The van der Waals surface area contributed by atoms with E-state index >= 15 is 0 Å². The SMILES string of the molecule is Cc1ccc(C(CN)(Cc2cnc(C)s2)C(=O)O)cc1. The van der Waals surface area contributed by atoms with E-state index in [-0.39, 0.29) is 6.54 Å². The summed E-state index contributed by atoms with van der Waals surface area (Å²) in [5, 5.41) is 10.6. The third kappa shape index (κ3) is 2.73. The van der Waals surface area contributed by atoms with Crippen LogP contribution in [-0.4, -0.2) is 22.6 Å². The maximum absolute atomic E-state index is 11.9. The summed E-state index contributed by atoms with van der Waals surface area (Å²) in [5.41, 5.74) is 6.58. The zero-order valence-electron chi connectivity index (χ0n) is 11.6. The second kappa shape index (κ2) is 5.73. The first-order chi connectivity index (χ1) is 9.48. The van der Waals surface area contributed by atoms with Crippen LogP contribution in [0.1, 0.15) is 21.0 Å². The van der Waals surface area contributed by atoms with Crippen molar-refractivity contribution >= 4 is 17.3 Å². The van der Waals surface area contributed by atoms with Gasteiger partial charge in [-0.15, -0.1) is 11.3 Å². The highest BCUT2D eigenvalue weighted by Gasteiger charge is 2.39. The lowest BCUT2D eigenvalue weighted by molar-refractivity contribution is -0.143. The van der Waals surface area contributed by atoms with Gasteiger partial charge in [0.25, 0.3) is 0 Å². The van der Waals surface area contributed by atoms with E-state index in [0.717, 1.165) is 21.0 Å². The van der Waals surface area contributed by atoms with Crippen molar-refractivity contribution in [1.82, 2.24) is 4.98 Å². The van der Waals surface area contributed by atoms with Gasteiger partial charge in [0.1, 0.15) is 5.41 Å². The molecule has 2 rings (SSSR count). The molecule has 3 N–H and O–H groups in total. The summed E-state index contributed by atoms with van der Waals surface area (Å²) in [4.78, 5) is 17.0. The Bertz CT molecular complexity index is 607. The van der Waals surface area contributed by atoms with Crippen LogP contribution in [0.25, 0.3) is 0 Å². The number of carbonyl (C=O) groups is 1. The molecule has 1 aromatic heterocycles. The summed E-state index contributed by atoms with van der Waals surface area (Å²) in [5.74, 6) is -0.894. The monoisotopic (exact) mass is 290 g/mol. The summed E-state index contributed by atoms with van der Waals surface area (Å²) < 4.78 is 0. The standard InChI is InChI=1S/C15H18N2O2S/c1-10-3-5-12(6-4-10)15(9-16,14(18)19)7-13-8-17-11(2)20-13/h3-6,8H,7,9,16H2,1-2H3,(H,18,19). The van der Waals surface area contributed by atoms with Crippen molar-refractivity contribution in [3.63, 3.8) is 0 Å². The maximum Gasteiger partial charge on any atom is 0.315 e. The first-order valence-corrected chi connectivity index (χ1v) is 7.21. The van der Waals surface area contributed by atoms with Gasteiger partial charge in [0.05, 0.1) is 5.01 Å². The van der Waals surface area contributed by atoms with Gasteiger partial charge in [-0.1, -0.05) is 29.8 Å². The summed E-state index contributed by atoms with van der Waals surface area (Å²) >= 11 is 1.52. The lowest BCUT2D eigenvalue weighted by atomic mass is 9.77. The van der Waals surface area contributed by atoms with Crippen LogP contribution in [0.5, 0.6) is 0 Å². The van der Waals surface area contributed by atoms with E-state index < -0.39 is 11.4 Å². The molecular formula is C15H18N2O2S. The number of rotatable bonds is 5.